The first-order valence-corrected chi connectivity index (χ1v) is 12.7. The minimum Gasteiger partial charge on any atom is -0.389 e. The molecular formula is C26H37N7O. The van der Waals surface area contributed by atoms with Gasteiger partial charge < -0.3 is 10.4 Å². The Morgan fingerprint density at radius 1 is 0.971 bits per heavy atom. The second kappa shape index (κ2) is 9.98. The Labute approximate surface area is 202 Å². The predicted octanol–water partition coefficient (Wildman–Crippen LogP) is 3.96. The van der Waals surface area contributed by atoms with E-state index in [4.69, 9.17) is 4.98 Å². The fourth-order valence-electron chi connectivity index (χ4n) is 5.22. The molecule has 0 atom stereocenters. The molecule has 0 unspecified atom stereocenters. The molecule has 5 rings (SSSR count). The number of nitrogens with one attached hydrogen (secondary N) is 1. The summed E-state index contributed by atoms with van der Waals surface area (Å²) >= 11 is 0. The second-order valence-electron chi connectivity index (χ2n) is 10.5. The van der Waals surface area contributed by atoms with Crippen LogP contribution < -0.4 is 5.32 Å². The van der Waals surface area contributed by atoms with Gasteiger partial charge in [-0.05, 0) is 44.4 Å². The average molecular weight is 464 g/mol. The van der Waals surface area contributed by atoms with Crippen LogP contribution >= 0.6 is 0 Å². The zero-order valence-corrected chi connectivity index (χ0v) is 20.5. The van der Waals surface area contributed by atoms with Crippen molar-refractivity contribution in [3.63, 3.8) is 0 Å². The van der Waals surface area contributed by atoms with E-state index in [2.05, 4.69) is 54.1 Å². The molecule has 2 fully saturated rings. The molecule has 2 aromatic heterocycles. The van der Waals surface area contributed by atoms with Crippen LogP contribution in [0.3, 0.4) is 0 Å². The molecule has 34 heavy (non-hydrogen) atoms. The van der Waals surface area contributed by atoms with Crippen LogP contribution in [0, 0.1) is 0 Å². The van der Waals surface area contributed by atoms with Crippen molar-refractivity contribution >= 4 is 22.7 Å². The van der Waals surface area contributed by atoms with Crippen molar-refractivity contribution in [2.75, 3.05) is 38.0 Å². The van der Waals surface area contributed by atoms with Gasteiger partial charge >= 0.3 is 0 Å². The minimum absolute atomic E-state index is 0.449. The van der Waals surface area contributed by atoms with Crippen molar-refractivity contribution in [3.8, 4) is 0 Å². The molecule has 0 radical (unpaired) electrons. The number of fused-ring (bicyclic) bond motifs is 1. The number of β-amino-alcohol motifs (C(OH)–C–C–N with tert-alkyl or cyclic N) is 1. The lowest BCUT2D eigenvalue weighted by Crippen LogP contribution is -2.50. The molecule has 0 amide bonds. The standard InChI is InChI=1S/C26H37N7O/c1-26(2,34)19-32-14-12-31(13-15-32)18-20-8-10-22(11-9-20)29-25-27-16-21-17-28-33(24(21)30-25)23-6-4-3-5-7-23/h8-11,16-17,23,34H,3-7,12-15,18-19H2,1-2H3,(H,27,29,30). The number of hydrogen-bond acceptors (Lipinski definition) is 7. The van der Waals surface area contributed by atoms with Crippen LogP contribution in [-0.2, 0) is 6.54 Å². The first kappa shape index (κ1) is 23.2. The van der Waals surface area contributed by atoms with E-state index in [-0.39, 0.29) is 0 Å². The van der Waals surface area contributed by atoms with Gasteiger partial charge in [0.25, 0.3) is 0 Å². The summed E-state index contributed by atoms with van der Waals surface area (Å²) in [6.07, 6.45) is 9.97. The normalized spacial score (nSPS) is 19.0. The van der Waals surface area contributed by atoms with Crippen LogP contribution in [0.5, 0.6) is 0 Å². The first-order valence-electron chi connectivity index (χ1n) is 12.7. The Bertz CT molecular complexity index is 1070. The summed E-state index contributed by atoms with van der Waals surface area (Å²) in [5.41, 5.74) is 2.58. The van der Waals surface area contributed by atoms with E-state index in [9.17, 15) is 5.11 Å². The van der Waals surface area contributed by atoms with E-state index in [0.29, 0.717) is 12.0 Å². The molecule has 0 spiro atoms. The molecule has 0 bridgehead atoms. The van der Waals surface area contributed by atoms with Crippen molar-refractivity contribution in [2.24, 2.45) is 0 Å². The van der Waals surface area contributed by atoms with Crippen LogP contribution in [0.15, 0.2) is 36.7 Å². The number of rotatable bonds is 7. The van der Waals surface area contributed by atoms with Crippen LogP contribution in [-0.4, -0.2) is 73.0 Å². The number of nitrogens with zero attached hydrogens (tertiary/aromatic N) is 6. The predicted molar refractivity (Wildman–Crippen MR) is 135 cm³/mol. The second-order valence-corrected chi connectivity index (χ2v) is 10.5. The van der Waals surface area contributed by atoms with Crippen molar-refractivity contribution in [2.45, 2.75) is 64.1 Å². The zero-order valence-electron chi connectivity index (χ0n) is 20.5. The van der Waals surface area contributed by atoms with Gasteiger partial charge in [-0.15, -0.1) is 0 Å². The Morgan fingerprint density at radius 2 is 1.68 bits per heavy atom. The van der Waals surface area contributed by atoms with E-state index in [1.165, 1.54) is 37.7 Å². The summed E-state index contributed by atoms with van der Waals surface area (Å²) in [6.45, 7) is 9.49. The van der Waals surface area contributed by atoms with Crippen LogP contribution in [0.25, 0.3) is 11.0 Å². The van der Waals surface area contributed by atoms with Gasteiger partial charge in [-0.2, -0.15) is 10.1 Å². The lowest BCUT2D eigenvalue weighted by atomic mass is 9.96. The van der Waals surface area contributed by atoms with E-state index in [0.717, 1.165) is 56.0 Å². The number of aliphatic hydroxyl groups is 1. The minimum atomic E-state index is -0.630. The maximum absolute atomic E-state index is 10.0. The van der Waals surface area contributed by atoms with E-state index in [1.807, 2.05) is 26.2 Å². The number of piperazine rings is 1. The Hall–Kier alpha value is -2.55. The highest BCUT2D eigenvalue weighted by Crippen LogP contribution is 2.30. The molecule has 3 aromatic rings. The lowest BCUT2D eigenvalue weighted by molar-refractivity contribution is 0.0167. The Morgan fingerprint density at radius 3 is 2.38 bits per heavy atom. The van der Waals surface area contributed by atoms with Crippen molar-refractivity contribution in [1.82, 2.24) is 29.5 Å². The topological polar surface area (TPSA) is 82.3 Å². The molecular weight excluding hydrogens is 426 g/mol. The smallest absolute Gasteiger partial charge is 0.229 e. The molecule has 1 aromatic carbocycles. The van der Waals surface area contributed by atoms with Crippen molar-refractivity contribution in [3.05, 3.63) is 42.2 Å². The van der Waals surface area contributed by atoms with Gasteiger partial charge in [-0.25, -0.2) is 9.67 Å². The van der Waals surface area contributed by atoms with Crippen molar-refractivity contribution < 1.29 is 5.11 Å². The zero-order chi connectivity index (χ0) is 23.5. The third kappa shape index (κ3) is 5.74. The molecule has 8 nitrogen and oxygen atoms in total. The fourth-order valence-corrected chi connectivity index (χ4v) is 5.22. The van der Waals surface area contributed by atoms with E-state index in [1.54, 1.807) is 0 Å². The van der Waals surface area contributed by atoms with Crippen molar-refractivity contribution in [1.29, 1.82) is 0 Å². The third-order valence-corrected chi connectivity index (χ3v) is 6.95. The summed E-state index contributed by atoms with van der Waals surface area (Å²) in [5, 5.41) is 19.0. The monoisotopic (exact) mass is 463 g/mol. The largest absolute Gasteiger partial charge is 0.389 e. The third-order valence-electron chi connectivity index (χ3n) is 6.95. The summed E-state index contributed by atoms with van der Waals surface area (Å²) in [7, 11) is 0. The maximum Gasteiger partial charge on any atom is 0.229 e. The lowest BCUT2D eigenvalue weighted by Gasteiger charge is -2.37. The van der Waals surface area contributed by atoms with E-state index >= 15 is 0 Å². The molecule has 1 aliphatic heterocycles. The molecule has 182 valence electrons. The number of hydrogen-bond donors (Lipinski definition) is 2. The van der Waals surface area contributed by atoms with Gasteiger partial charge in [0.15, 0.2) is 5.65 Å². The number of benzene rings is 1. The maximum atomic E-state index is 10.0. The SMILES string of the molecule is CC(C)(O)CN1CCN(Cc2ccc(Nc3ncc4cnn(C5CCCCC5)c4n3)cc2)CC1. The highest BCUT2D eigenvalue weighted by molar-refractivity contribution is 5.75. The number of anilines is 2. The Balaban J connectivity index is 1.18. The summed E-state index contributed by atoms with van der Waals surface area (Å²) in [5.74, 6) is 0.612. The molecule has 2 N–H and O–H groups in total. The molecule has 1 aliphatic carbocycles. The van der Waals surface area contributed by atoms with Crippen LogP contribution in [0.4, 0.5) is 11.6 Å². The van der Waals surface area contributed by atoms with Gasteiger partial charge in [0.2, 0.25) is 5.95 Å². The molecule has 8 heteroatoms. The van der Waals surface area contributed by atoms with E-state index < -0.39 is 5.60 Å². The van der Waals surface area contributed by atoms with Gasteiger partial charge in [-0.1, -0.05) is 31.4 Å². The number of aromatic nitrogens is 4. The summed E-state index contributed by atoms with van der Waals surface area (Å²) in [6, 6.07) is 9.01. The highest BCUT2D eigenvalue weighted by Gasteiger charge is 2.23. The quantitative estimate of drug-likeness (QED) is 0.549. The van der Waals surface area contributed by atoms with Gasteiger partial charge in [0.05, 0.1) is 23.2 Å². The Kier molecular flexibility index (Phi) is 6.81. The highest BCUT2D eigenvalue weighted by atomic mass is 16.3. The van der Waals surface area contributed by atoms with Gasteiger partial charge in [0, 0.05) is 51.2 Å². The summed E-state index contributed by atoms with van der Waals surface area (Å²) < 4.78 is 2.10. The molecule has 2 aliphatic rings. The molecule has 3 heterocycles. The fraction of sp³-hybridized carbons (Fsp3) is 0.577. The van der Waals surface area contributed by atoms with Crippen LogP contribution in [0.2, 0.25) is 0 Å². The van der Waals surface area contributed by atoms with Crippen LogP contribution in [0.1, 0.15) is 57.6 Å². The average Bonchev–Trinajstić information content (AvgIpc) is 3.25. The summed E-state index contributed by atoms with van der Waals surface area (Å²) in [4.78, 5) is 14.1. The molecule has 1 saturated heterocycles. The van der Waals surface area contributed by atoms with Gasteiger partial charge in [-0.3, -0.25) is 9.80 Å². The first-order chi connectivity index (χ1) is 16.4. The van der Waals surface area contributed by atoms with Gasteiger partial charge in [0.1, 0.15) is 0 Å². The molecule has 1 saturated carbocycles.